The van der Waals surface area contributed by atoms with E-state index in [0.717, 1.165) is 25.2 Å². The van der Waals surface area contributed by atoms with Gasteiger partial charge in [-0.25, -0.2) is 0 Å². The number of benzene rings is 1. The van der Waals surface area contributed by atoms with Gasteiger partial charge >= 0.3 is 0 Å². The van der Waals surface area contributed by atoms with E-state index in [1.165, 1.54) is 17.5 Å². The van der Waals surface area contributed by atoms with Crippen molar-refractivity contribution < 1.29 is 0 Å². The van der Waals surface area contributed by atoms with Crippen molar-refractivity contribution in [1.82, 2.24) is 9.88 Å². The van der Waals surface area contributed by atoms with Gasteiger partial charge in [-0.05, 0) is 43.6 Å². The number of hydrogen-bond donors (Lipinski definition) is 1. The lowest BCUT2D eigenvalue weighted by Gasteiger charge is -2.18. The number of nitrogens with zero attached hydrogens (tertiary/aromatic N) is 2. The Morgan fingerprint density at radius 2 is 1.90 bits per heavy atom. The van der Waals surface area contributed by atoms with E-state index >= 15 is 0 Å². The summed E-state index contributed by atoms with van der Waals surface area (Å²) >= 11 is 0. The fourth-order valence-electron chi connectivity index (χ4n) is 2.37. The van der Waals surface area contributed by atoms with Crippen molar-refractivity contribution in [2.45, 2.75) is 25.9 Å². The highest BCUT2D eigenvalue weighted by molar-refractivity contribution is 5.19. The average molecular weight is 269 g/mol. The molecule has 20 heavy (non-hydrogen) atoms. The standard InChI is InChI=1S/C17H23N3/c1-20(12-6-9-15-7-3-2-4-8-15)14-16-10-5-11-19-17(16)13-18/h2-5,7-8,10-11H,6,9,12-14,18H2,1H3. The van der Waals surface area contributed by atoms with Gasteiger partial charge in [0.1, 0.15) is 0 Å². The molecular formula is C17H23N3. The molecule has 0 amide bonds. The summed E-state index contributed by atoms with van der Waals surface area (Å²) in [4.78, 5) is 6.66. The lowest BCUT2D eigenvalue weighted by molar-refractivity contribution is 0.320. The molecule has 1 aromatic carbocycles. The molecule has 0 atom stereocenters. The maximum absolute atomic E-state index is 5.72. The zero-order valence-corrected chi connectivity index (χ0v) is 12.1. The molecule has 0 saturated carbocycles. The SMILES string of the molecule is CN(CCCc1ccccc1)Cc1cccnc1CN. The van der Waals surface area contributed by atoms with E-state index in [-0.39, 0.29) is 0 Å². The molecule has 0 aliphatic heterocycles. The minimum absolute atomic E-state index is 0.508. The average Bonchev–Trinajstić information content (AvgIpc) is 2.49. The number of aryl methyl sites for hydroxylation is 1. The molecule has 0 bridgehead atoms. The van der Waals surface area contributed by atoms with Crippen molar-refractivity contribution in [1.29, 1.82) is 0 Å². The molecule has 0 aliphatic rings. The summed E-state index contributed by atoms with van der Waals surface area (Å²) in [5, 5.41) is 0. The topological polar surface area (TPSA) is 42.2 Å². The van der Waals surface area contributed by atoms with E-state index in [1.54, 1.807) is 6.20 Å². The third-order valence-corrected chi connectivity index (χ3v) is 3.47. The Morgan fingerprint density at radius 3 is 2.65 bits per heavy atom. The van der Waals surface area contributed by atoms with Crippen LogP contribution in [0.3, 0.4) is 0 Å². The third-order valence-electron chi connectivity index (χ3n) is 3.47. The van der Waals surface area contributed by atoms with Crippen molar-refractivity contribution in [2.24, 2.45) is 5.73 Å². The molecule has 0 fully saturated rings. The second-order valence-corrected chi connectivity index (χ2v) is 5.14. The minimum Gasteiger partial charge on any atom is -0.325 e. The quantitative estimate of drug-likeness (QED) is 0.840. The van der Waals surface area contributed by atoms with E-state index < -0.39 is 0 Å². The summed E-state index contributed by atoms with van der Waals surface area (Å²) in [5.74, 6) is 0. The number of pyridine rings is 1. The van der Waals surface area contributed by atoms with Crippen LogP contribution in [0.1, 0.15) is 23.2 Å². The third kappa shape index (κ3) is 4.44. The van der Waals surface area contributed by atoms with Crippen LogP contribution in [0.15, 0.2) is 48.7 Å². The zero-order valence-electron chi connectivity index (χ0n) is 12.1. The number of hydrogen-bond acceptors (Lipinski definition) is 3. The molecule has 106 valence electrons. The number of rotatable bonds is 7. The first kappa shape index (κ1) is 14.7. The highest BCUT2D eigenvalue weighted by atomic mass is 15.1. The summed E-state index contributed by atoms with van der Waals surface area (Å²) in [6.45, 7) is 2.50. The van der Waals surface area contributed by atoms with E-state index in [1.807, 2.05) is 6.07 Å². The Bertz CT molecular complexity index is 511. The largest absolute Gasteiger partial charge is 0.325 e. The Balaban J connectivity index is 1.79. The molecule has 2 aromatic rings. The molecule has 0 aliphatic carbocycles. The molecule has 2 rings (SSSR count). The first-order valence-corrected chi connectivity index (χ1v) is 7.15. The van der Waals surface area contributed by atoms with Crippen molar-refractivity contribution in [3.63, 3.8) is 0 Å². The van der Waals surface area contributed by atoms with Gasteiger partial charge < -0.3 is 10.6 Å². The Morgan fingerprint density at radius 1 is 1.10 bits per heavy atom. The molecule has 0 spiro atoms. The highest BCUT2D eigenvalue weighted by Crippen LogP contribution is 2.09. The first-order chi connectivity index (χ1) is 9.79. The lowest BCUT2D eigenvalue weighted by Crippen LogP contribution is -2.21. The highest BCUT2D eigenvalue weighted by Gasteiger charge is 2.05. The van der Waals surface area contributed by atoms with Crippen LogP contribution in [0, 0.1) is 0 Å². The van der Waals surface area contributed by atoms with Gasteiger partial charge in [-0.2, -0.15) is 0 Å². The Labute approximate surface area is 121 Å². The predicted octanol–water partition coefficient (Wildman–Crippen LogP) is 2.60. The van der Waals surface area contributed by atoms with Crippen LogP contribution in [-0.4, -0.2) is 23.5 Å². The van der Waals surface area contributed by atoms with Crippen LogP contribution < -0.4 is 5.73 Å². The molecule has 1 aromatic heterocycles. The van der Waals surface area contributed by atoms with Crippen molar-refractivity contribution in [3.05, 3.63) is 65.5 Å². The van der Waals surface area contributed by atoms with Gasteiger partial charge in [0, 0.05) is 19.3 Å². The van der Waals surface area contributed by atoms with E-state index in [4.69, 9.17) is 5.73 Å². The van der Waals surface area contributed by atoms with E-state index in [0.29, 0.717) is 6.54 Å². The van der Waals surface area contributed by atoms with Gasteiger partial charge in [-0.3, -0.25) is 4.98 Å². The van der Waals surface area contributed by atoms with Gasteiger partial charge in [0.05, 0.1) is 5.69 Å². The van der Waals surface area contributed by atoms with E-state index in [9.17, 15) is 0 Å². The maximum Gasteiger partial charge on any atom is 0.0584 e. The smallest absolute Gasteiger partial charge is 0.0584 e. The molecule has 0 radical (unpaired) electrons. The van der Waals surface area contributed by atoms with Crippen LogP contribution in [0.2, 0.25) is 0 Å². The molecule has 0 unspecified atom stereocenters. The fraction of sp³-hybridized carbons (Fsp3) is 0.353. The van der Waals surface area contributed by atoms with E-state index in [2.05, 4.69) is 53.3 Å². The lowest BCUT2D eigenvalue weighted by atomic mass is 10.1. The maximum atomic E-state index is 5.72. The fourth-order valence-corrected chi connectivity index (χ4v) is 2.37. The molecule has 3 nitrogen and oxygen atoms in total. The van der Waals surface area contributed by atoms with Crippen LogP contribution >= 0.6 is 0 Å². The van der Waals surface area contributed by atoms with Gasteiger partial charge in [0.2, 0.25) is 0 Å². The van der Waals surface area contributed by atoms with Crippen molar-refractivity contribution >= 4 is 0 Å². The summed E-state index contributed by atoms with van der Waals surface area (Å²) in [6, 6.07) is 14.7. The molecular weight excluding hydrogens is 246 g/mol. The summed E-state index contributed by atoms with van der Waals surface area (Å²) < 4.78 is 0. The normalized spacial score (nSPS) is 10.9. The van der Waals surface area contributed by atoms with Crippen molar-refractivity contribution in [3.8, 4) is 0 Å². The predicted molar refractivity (Wildman–Crippen MR) is 83.2 cm³/mol. The van der Waals surface area contributed by atoms with Crippen LogP contribution in [0.4, 0.5) is 0 Å². The van der Waals surface area contributed by atoms with Crippen LogP contribution in [0.25, 0.3) is 0 Å². The van der Waals surface area contributed by atoms with Gasteiger partial charge in [0.15, 0.2) is 0 Å². The Hall–Kier alpha value is -1.71. The molecule has 0 saturated heterocycles. The zero-order chi connectivity index (χ0) is 14.2. The minimum atomic E-state index is 0.508. The summed E-state index contributed by atoms with van der Waals surface area (Å²) in [6.07, 6.45) is 4.10. The molecule has 3 heteroatoms. The number of aromatic nitrogens is 1. The molecule has 1 heterocycles. The number of nitrogens with two attached hydrogens (primary N) is 1. The summed E-state index contributed by atoms with van der Waals surface area (Å²) in [7, 11) is 2.15. The second-order valence-electron chi connectivity index (χ2n) is 5.14. The summed E-state index contributed by atoms with van der Waals surface area (Å²) in [5.41, 5.74) is 9.36. The van der Waals surface area contributed by atoms with Gasteiger partial charge in [0.25, 0.3) is 0 Å². The van der Waals surface area contributed by atoms with Crippen LogP contribution in [0.5, 0.6) is 0 Å². The first-order valence-electron chi connectivity index (χ1n) is 7.15. The second kappa shape index (κ2) is 7.78. The van der Waals surface area contributed by atoms with Crippen LogP contribution in [-0.2, 0) is 19.5 Å². The molecule has 2 N–H and O–H groups in total. The van der Waals surface area contributed by atoms with Gasteiger partial charge in [-0.15, -0.1) is 0 Å². The monoisotopic (exact) mass is 269 g/mol. The van der Waals surface area contributed by atoms with Gasteiger partial charge in [-0.1, -0.05) is 36.4 Å². The Kier molecular flexibility index (Phi) is 5.71. The van der Waals surface area contributed by atoms with Crippen molar-refractivity contribution in [2.75, 3.05) is 13.6 Å².